The molecule has 0 atom stereocenters. The number of carbonyl (C=O) groups excluding carboxylic acids is 1. The highest BCUT2D eigenvalue weighted by Gasteiger charge is 2.48. The van der Waals surface area contributed by atoms with E-state index in [1.807, 2.05) is 11.5 Å². The number of amides is 1. The van der Waals surface area contributed by atoms with E-state index in [1.54, 1.807) is 12.1 Å². The van der Waals surface area contributed by atoms with Gasteiger partial charge in [0.15, 0.2) is 0 Å². The summed E-state index contributed by atoms with van der Waals surface area (Å²) < 4.78 is 46.7. The van der Waals surface area contributed by atoms with Gasteiger partial charge in [-0.1, -0.05) is 13.8 Å². The number of methoxy groups -OCH3 is 1. The number of nitrogens with zero attached hydrogens (tertiary/aromatic N) is 3. The maximum atomic E-state index is 13.2. The van der Waals surface area contributed by atoms with Crippen LogP contribution in [0.1, 0.15) is 52.0 Å². The fourth-order valence-corrected chi connectivity index (χ4v) is 3.58. The van der Waals surface area contributed by atoms with E-state index in [9.17, 15) is 23.2 Å². The molecule has 29 heavy (non-hydrogen) atoms. The lowest BCUT2D eigenvalue weighted by molar-refractivity contribution is -0.213. The molecule has 0 radical (unpaired) electrons. The number of fused-ring (bicyclic) bond motifs is 1. The van der Waals surface area contributed by atoms with Crippen molar-refractivity contribution in [1.29, 1.82) is 5.26 Å². The lowest BCUT2D eigenvalue weighted by Crippen LogP contribution is -2.39. The van der Waals surface area contributed by atoms with Gasteiger partial charge in [-0.3, -0.25) is 10.1 Å². The topological polar surface area (TPSA) is 79.9 Å². The number of halogens is 3. The summed E-state index contributed by atoms with van der Waals surface area (Å²) in [5.74, 6) is -0.239. The number of ether oxygens (including phenoxy) is 1. The van der Waals surface area contributed by atoms with Crippen molar-refractivity contribution in [2.75, 3.05) is 12.4 Å². The van der Waals surface area contributed by atoms with E-state index in [4.69, 9.17) is 4.74 Å². The lowest BCUT2D eigenvalue weighted by atomic mass is 9.78. The summed E-state index contributed by atoms with van der Waals surface area (Å²) in [4.78, 5) is 16.9. The molecule has 0 unspecified atom stereocenters. The van der Waals surface area contributed by atoms with E-state index in [0.717, 1.165) is 33.1 Å². The third-order valence-electron chi connectivity index (χ3n) is 5.67. The molecule has 1 aliphatic carbocycles. The Kier molecular flexibility index (Phi) is 5.01. The number of anilines is 1. The van der Waals surface area contributed by atoms with Gasteiger partial charge < -0.3 is 9.30 Å². The Bertz CT molecular complexity index is 998. The number of benzene rings is 1. The summed E-state index contributed by atoms with van der Waals surface area (Å²) in [5, 5.41) is 11.9. The minimum atomic E-state index is -4.50. The predicted molar refractivity (Wildman–Crippen MR) is 102 cm³/mol. The summed E-state index contributed by atoms with van der Waals surface area (Å²) in [6, 6.07) is 5.27. The molecular weight excluding hydrogens is 385 g/mol. The molecule has 0 spiro atoms. The third kappa shape index (κ3) is 3.63. The lowest BCUT2D eigenvalue weighted by Gasteiger charge is -2.41. The van der Waals surface area contributed by atoms with E-state index in [2.05, 4.69) is 16.4 Å². The van der Waals surface area contributed by atoms with Gasteiger partial charge in [0.05, 0.1) is 29.7 Å². The summed E-state index contributed by atoms with van der Waals surface area (Å²) in [5.41, 5.74) is -1.09. The van der Waals surface area contributed by atoms with Crippen LogP contribution in [0.2, 0.25) is 0 Å². The highest BCUT2D eigenvalue weighted by atomic mass is 19.4. The van der Waals surface area contributed by atoms with Gasteiger partial charge in [0.2, 0.25) is 11.9 Å². The second-order valence-electron chi connectivity index (χ2n) is 8.39. The highest BCUT2D eigenvalue weighted by molar-refractivity contribution is 5.93. The van der Waals surface area contributed by atoms with E-state index in [1.165, 1.54) is 7.11 Å². The number of hydrogen-bond donors (Lipinski definition) is 1. The number of imidazole rings is 1. The molecule has 1 aromatic heterocycles. The monoisotopic (exact) mass is 408 g/mol. The molecule has 0 saturated heterocycles. The molecule has 9 heteroatoms. The van der Waals surface area contributed by atoms with Crippen LogP contribution in [0.15, 0.2) is 12.1 Å². The molecular formula is C20H23F3N4O2. The van der Waals surface area contributed by atoms with Crippen molar-refractivity contribution < 1.29 is 22.7 Å². The standard InChI is InChI=1S/C20H23F3N4O2/c1-18(2,20(21,22)23)10-15(28)25-17-26-16-13(27(17)19(3)6-5-7-19)8-12(11-24)9-14(16)29-4/h8-9H,5-7,10H2,1-4H3,(H,25,26,28). The fraction of sp³-hybridized carbons (Fsp3) is 0.550. The first kappa shape index (κ1) is 21.0. The summed E-state index contributed by atoms with van der Waals surface area (Å²) in [6.07, 6.45) is -2.59. The first-order valence-corrected chi connectivity index (χ1v) is 9.29. The van der Waals surface area contributed by atoms with Crippen molar-refractivity contribution in [3.05, 3.63) is 17.7 Å². The number of alkyl halides is 3. The Hall–Kier alpha value is -2.76. The van der Waals surface area contributed by atoms with Gasteiger partial charge >= 0.3 is 6.18 Å². The van der Waals surface area contributed by atoms with Gasteiger partial charge in [-0.15, -0.1) is 0 Å². The van der Waals surface area contributed by atoms with Crippen molar-refractivity contribution in [3.63, 3.8) is 0 Å². The Morgan fingerprint density at radius 3 is 2.52 bits per heavy atom. The van der Waals surface area contributed by atoms with Crippen LogP contribution in [0, 0.1) is 16.7 Å². The van der Waals surface area contributed by atoms with Crippen LogP contribution >= 0.6 is 0 Å². The van der Waals surface area contributed by atoms with Crippen molar-refractivity contribution in [2.45, 2.75) is 58.2 Å². The van der Waals surface area contributed by atoms with Gasteiger partial charge in [0, 0.05) is 18.0 Å². The van der Waals surface area contributed by atoms with E-state index >= 15 is 0 Å². The van der Waals surface area contributed by atoms with Crippen molar-refractivity contribution in [1.82, 2.24) is 9.55 Å². The predicted octanol–water partition coefficient (Wildman–Crippen LogP) is 4.73. The largest absolute Gasteiger partial charge is 0.494 e. The maximum absolute atomic E-state index is 13.2. The Morgan fingerprint density at radius 2 is 2.03 bits per heavy atom. The number of aromatic nitrogens is 2. The van der Waals surface area contributed by atoms with E-state index in [-0.39, 0.29) is 11.5 Å². The van der Waals surface area contributed by atoms with Crippen LogP contribution in [0.3, 0.4) is 0 Å². The van der Waals surface area contributed by atoms with Gasteiger partial charge in [-0.2, -0.15) is 18.4 Å². The highest BCUT2D eigenvalue weighted by Crippen LogP contribution is 2.45. The van der Waals surface area contributed by atoms with Gasteiger partial charge in [0.25, 0.3) is 0 Å². The van der Waals surface area contributed by atoms with Crippen LogP contribution in [0.25, 0.3) is 11.0 Å². The maximum Gasteiger partial charge on any atom is 0.394 e. The van der Waals surface area contributed by atoms with Gasteiger partial charge in [-0.25, -0.2) is 4.98 Å². The van der Waals surface area contributed by atoms with Crippen LogP contribution in [-0.4, -0.2) is 28.7 Å². The van der Waals surface area contributed by atoms with Crippen LogP contribution < -0.4 is 10.1 Å². The van der Waals surface area contributed by atoms with Crippen LogP contribution in [0.5, 0.6) is 5.75 Å². The normalized spacial score (nSPS) is 16.2. The zero-order valence-electron chi connectivity index (χ0n) is 16.8. The molecule has 0 bridgehead atoms. The van der Waals surface area contributed by atoms with E-state index < -0.39 is 23.9 Å². The molecule has 1 fully saturated rings. The zero-order chi connectivity index (χ0) is 21.6. The third-order valence-corrected chi connectivity index (χ3v) is 5.67. The van der Waals surface area contributed by atoms with Crippen molar-refractivity contribution in [2.24, 2.45) is 5.41 Å². The second kappa shape index (κ2) is 6.94. The number of rotatable bonds is 5. The van der Waals surface area contributed by atoms with Crippen molar-refractivity contribution >= 4 is 22.9 Å². The number of carbonyl (C=O) groups is 1. The van der Waals surface area contributed by atoms with Gasteiger partial charge in [0.1, 0.15) is 11.3 Å². The van der Waals surface area contributed by atoms with Crippen molar-refractivity contribution in [3.8, 4) is 11.8 Å². The first-order chi connectivity index (χ1) is 13.4. The fourth-order valence-electron chi connectivity index (χ4n) is 3.58. The number of nitriles is 1. The van der Waals surface area contributed by atoms with Crippen LogP contribution in [-0.2, 0) is 10.3 Å². The quantitative estimate of drug-likeness (QED) is 0.775. The smallest absolute Gasteiger partial charge is 0.394 e. The average Bonchev–Trinajstić information content (AvgIpc) is 2.95. The minimum absolute atomic E-state index is 0.165. The summed E-state index contributed by atoms with van der Waals surface area (Å²) >= 11 is 0. The minimum Gasteiger partial charge on any atom is -0.494 e. The molecule has 1 amide bonds. The zero-order valence-corrected chi connectivity index (χ0v) is 16.8. The first-order valence-electron chi connectivity index (χ1n) is 9.29. The van der Waals surface area contributed by atoms with E-state index in [0.29, 0.717) is 22.3 Å². The SMILES string of the molecule is COc1cc(C#N)cc2c1nc(NC(=O)CC(C)(C)C(F)(F)F)n2C1(C)CCC1. The van der Waals surface area contributed by atoms with Crippen LogP contribution in [0.4, 0.5) is 19.1 Å². The molecule has 1 heterocycles. The molecule has 2 aromatic rings. The Labute approximate surface area is 166 Å². The number of nitrogens with one attached hydrogen (secondary N) is 1. The Morgan fingerprint density at radius 1 is 1.38 bits per heavy atom. The number of hydrogen-bond acceptors (Lipinski definition) is 4. The molecule has 0 aliphatic heterocycles. The average molecular weight is 408 g/mol. The molecule has 1 aliphatic rings. The molecule has 1 N–H and O–H groups in total. The molecule has 156 valence electrons. The molecule has 3 rings (SSSR count). The molecule has 1 aromatic carbocycles. The summed E-state index contributed by atoms with van der Waals surface area (Å²) in [7, 11) is 1.45. The Balaban J connectivity index is 2.07. The molecule has 6 nitrogen and oxygen atoms in total. The second-order valence-corrected chi connectivity index (χ2v) is 8.39. The summed E-state index contributed by atoms with van der Waals surface area (Å²) in [6.45, 7) is 3.98. The molecule has 1 saturated carbocycles. The van der Waals surface area contributed by atoms with Gasteiger partial charge in [-0.05, 0) is 32.3 Å².